The summed E-state index contributed by atoms with van der Waals surface area (Å²) in [5, 5.41) is 3.47. The first-order chi connectivity index (χ1) is 11.5. The van der Waals surface area contributed by atoms with Crippen molar-refractivity contribution in [2.45, 2.75) is 36.9 Å². The van der Waals surface area contributed by atoms with Crippen LogP contribution in [0.25, 0.3) is 0 Å². The van der Waals surface area contributed by atoms with Gasteiger partial charge in [-0.2, -0.15) is 0 Å². The molecule has 1 aromatic heterocycles. The van der Waals surface area contributed by atoms with E-state index < -0.39 is 0 Å². The SMILES string of the molecule is CC(NC(=O)CSc1nc(C2CC2)cc(=O)[nH]1)c1ccc(Br)cc1. The van der Waals surface area contributed by atoms with E-state index >= 15 is 0 Å². The van der Waals surface area contributed by atoms with Crippen LogP contribution in [0.2, 0.25) is 0 Å². The normalized spacial score (nSPS) is 15.1. The smallest absolute Gasteiger partial charge is 0.251 e. The zero-order chi connectivity index (χ0) is 17.1. The van der Waals surface area contributed by atoms with Crippen molar-refractivity contribution >= 4 is 33.6 Å². The van der Waals surface area contributed by atoms with E-state index in [9.17, 15) is 9.59 Å². The third-order valence-corrected chi connectivity index (χ3v) is 5.22. The Morgan fingerprint density at radius 2 is 2.12 bits per heavy atom. The van der Waals surface area contributed by atoms with E-state index in [-0.39, 0.29) is 23.3 Å². The first kappa shape index (κ1) is 17.2. The maximum Gasteiger partial charge on any atom is 0.251 e. The highest BCUT2D eigenvalue weighted by atomic mass is 79.9. The van der Waals surface area contributed by atoms with E-state index in [2.05, 4.69) is 31.2 Å². The van der Waals surface area contributed by atoms with Crippen LogP contribution in [0.5, 0.6) is 0 Å². The summed E-state index contributed by atoms with van der Waals surface area (Å²) in [6.45, 7) is 1.94. The van der Waals surface area contributed by atoms with Gasteiger partial charge >= 0.3 is 0 Å². The standard InChI is InChI=1S/C17H18BrN3O2S/c1-10(11-4-6-13(18)7-5-11)19-16(23)9-24-17-20-14(12-2-3-12)8-15(22)21-17/h4-8,10,12H,2-3,9H2,1H3,(H,19,23)(H,20,21,22). The lowest BCUT2D eigenvalue weighted by Gasteiger charge is -2.14. The van der Waals surface area contributed by atoms with Gasteiger partial charge in [-0.15, -0.1) is 0 Å². The van der Waals surface area contributed by atoms with Crippen molar-refractivity contribution in [3.8, 4) is 0 Å². The van der Waals surface area contributed by atoms with Gasteiger partial charge in [0, 0.05) is 16.5 Å². The Labute approximate surface area is 152 Å². The van der Waals surface area contributed by atoms with Gasteiger partial charge in [0.05, 0.1) is 17.5 Å². The number of hydrogen-bond acceptors (Lipinski definition) is 4. The van der Waals surface area contributed by atoms with E-state index in [1.165, 1.54) is 11.8 Å². The molecule has 1 aliphatic carbocycles. The average Bonchev–Trinajstić information content (AvgIpc) is 3.38. The number of nitrogens with zero attached hydrogens (tertiary/aromatic N) is 1. The number of aromatic amines is 1. The van der Waals surface area contributed by atoms with Crippen molar-refractivity contribution in [2.75, 3.05) is 5.75 Å². The summed E-state index contributed by atoms with van der Waals surface area (Å²) >= 11 is 4.65. The fraction of sp³-hybridized carbons (Fsp3) is 0.353. The van der Waals surface area contributed by atoms with E-state index in [0.717, 1.165) is 28.6 Å². The summed E-state index contributed by atoms with van der Waals surface area (Å²) < 4.78 is 1.01. The Bertz CT molecular complexity index is 787. The predicted molar refractivity (Wildman–Crippen MR) is 98.3 cm³/mol. The Hall–Kier alpha value is -1.60. The van der Waals surface area contributed by atoms with Crippen molar-refractivity contribution in [3.63, 3.8) is 0 Å². The van der Waals surface area contributed by atoms with Gasteiger partial charge in [-0.1, -0.05) is 39.8 Å². The van der Waals surface area contributed by atoms with E-state index in [1.807, 2.05) is 31.2 Å². The molecule has 2 N–H and O–H groups in total. The molecule has 1 aromatic carbocycles. The van der Waals surface area contributed by atoms with Crippen molar-refractivity contribution < 1.29 is 4.79 Å². The second-order valence-corrected chi connectivity index (χ2v) is 7.76. The minimum atomic E-state index is -0.155. The topological polar surface area (TPSA) is 74.8 Å². The Morgan fingerprint density at radius 3 is 2.79 bits per heavy atom. The fourth-order valence-electron chi connectivity index (χ4n) is 2.36. The molecule has 0 aliphatic heterocycles. The van der Waals surface area contributed by atoms with Gasteiger partial charge in [-0.05, 0) is 37.5 Å². The monoisotopic (exact) mass is 407 g/mol. The maximum absolute atomic E-state index is 12.1. The number of thioether (sulfide) groups is 1. The van der Waals surface area contributed by atoms with Crippen LogP contribution in [0.1, 0.15) is 43.0 Å². The lowest BCUT2D eigenvalue weighted by atomic mass is 10.1. The zero-order valence-corrected chi connectivity index (χ0v) is 15.6. The molecule has 1 unspecified atom stereocenters. The molecule has 1 saturated carbocycles. The number of aromatic nitrogens is 2. The second-order valence-electron chi connectivity index (χ2n) is 5.88. The van der Waals surface area contributed by atoms with Gasteiger partial charge in [0.2, 0.25) is 5.91 Å². The van der Waals surface area contributed by atoms with Crippen LogP contribution in [-0.2, 0) is 4.79 Å². The number of nitrogens with one attached hydrogen (secondary N) is 2. The molecule has 1 atom stereocenters. The molecule has 0 bridgehead atoms. The molecule has 2 aromatic rings. The minimum Gasteiger partial charge on any atom is -0.349 e. The highest BCUT2D eigenvalue weighted by Gasteiger charge is 2.25. The molecular formula is C17H18BrN3O2S. The van der Waals surface area contributed by atoms with Gasteiger partial charge in [0.1, 0.15) is 0 Å². The summed E-state index contributed by atoms with van der Waals surface area (Å²) in [7, 11) is 0. The number of carbonyl (C=O) groups is 1. The van der Waals surface area contributed by atoms with Crippen molar-refractivity contribution in [1.29, 1.82) is 0 Å². The van der Waals surface area contributed by atoms with Crippen LogP contribution in [-0.4, -0.2) is 21.6 Å². The van der Waals surface area contributed by atoms with Gasteiger partial charge in [-0.25, -0.2) is 4.98 Å². The minimum absolute atomic E-state index is 0.0731. The van der Waals surface area contributed by atoms with Crippen LogP contribution < -0.4 is 10.9 Å². The number of amides is 1. The Kier molecular flexibility index (Phi) is 5.40. The van der Waals surface area contributed by atoms with Gasteiger partial charge in [0.15, 0.2) is 5.16 Å². The summed E-state index contributed by atoms with van der Waals surface area (Å²) in [6, 6.07) is 9.32. The quantitative estimate of drug-likeness (QED) is 0.568. The Balaban J connectivity index is 1.55. The van der Waals surface area contributed by atoms with E-state index in [0.29, 0.717) is 11.1 Å². The number of rotatable bonds is 6. The van der Waals surface area contributed by atoms with Crippen LogP contribution in [0.4, 0.5) is 0 Å². The summed E-state index contributed by atoms with van der Waals surface area (Å²) in [4.78, 5) is 30.9. The Morgan fingerprint density at radius 1 is 1.42 bits per heavy atom. The van der Waals surface area contributed by atoms with Crippen LogP contribution >= 0.6 is 27.7 Å². The molecule has 1 aliphatic rings. The fourth-order valence-corrected chi connectivity index (χ4v) is 3.32. The van der Waals surface area contributed by atoms with Crippen LogP contribution in [0, 0.1) is 0 Å². The van der Waals surface area contributed by atoms with Crippen molar-refractivity contribution in [1.82, 2.24) is 15.3 Å². The second kappa shape index (κ2) is 7.53. The summed E-state index contributed by atoms with van der Waals surface area (Å²) in [5.74, 6) is 0.547. The van der Waals surface area contributed by atoms with E-state index in [4.69, 9.17) is 0 Å². The van der Waals surface area contributed by atoms with Crippen molar-refractivity contribution in [2.24, 2.45) is 0 Å². The lowest BCUT2D eigenvalue weighted by Crippen LogP contribution is -2.28. The molecule has 24 heavy (non-hydrogen) atoms. The summed E-state index contributed by atoms with van der Waals surface area (Å²) in [6.07, 6.45) is 2.18. The first-order valence-electron chi connectivity index (χ1n) is 7.80. The molecule has 1 heterocycles. The predicted octanol–water partition coefficient (Wildman–Crippen LogP) is 3.38. The molecule has 3 rings (SSSR count). The first-order valence-corrected chi connectivity index (χ1v) is 9.58. The van der Waals surface area contributed by atoms with Crippen molar-refractivity contribution in [3.05, 3.63) is 56.4 Å². The molecule has 0 saturated heterocycles. The third kappa shape index (κ3) is 4.70. The molecule has 1 amide bonds. The number of halogens is 1. The molecule has 5 nitrogen and oxygen atoms in total. The van der Waals surface area contributed by atoms with Gasteiger partial charge < -0.3 is 10.3 Å². The largest absolute Gasteiger partial charge is 0.349 e. The lowest BCUT2D eigenvalue weighted by molar-refractivity contribution is -0.119. The molecule has 1 fully saturated rings. The average molecular weight is 408 g/mol. The number of carbonyl (C=O) groups excluding carboxylic acids is 1. The van der Waals surface area contributed by atoms with Crippen LogP contribution in [0.15, 0.2) is 44.8 Å². The third-order valence-electron chi connectivity index (χ3n) is 3.82. The van der Waals surface area contributed by atoms with Gasteiger partial charge in [-0.3, -0.25) is 9.59 Å². The molecule has 0 spiro atoms. The maximum atomic E-state index is 12.1. The number of hydrogen-bond donors (Lipinski definition) is 2. The molecule has 0 radical (unpaired) electrons. The summed E-state index contributed by atoms with van der Waals surface area (Å²) in [5.41, 5.74) is 1.72. The number of benzene rings is 1. The molecule has 7 heteroatoms. The molecular weight excluding hydrogens is 390 g/mol. The van der Waals surface area contributed by atoms with E-state index in [1.54, 1.807) is 6.07 Å². The molecule has 126 valence electrons. The van der Waals surface area contributed by atoms with Gasteiger partial charge in [0.25, 0.3) is 5.56 Å². The highest BCUT2D eigenvalue weighted by molar-refractivity contribution is 9.10. The highest BCUT2D eigenvalue weighted by Crippen LogP contribution is 2.38. The van der Waals surface area contributed by atoms with Crippen LogP contribution in [0.3, 0.4) is 0 Å². The number of H-pyrrole nitrogens is 1. The zero-order valence-electron chi connectivity index (χ0n) is 13.2.